The number of imidazole rings is 1. The van der Waals surface area contributed by atoms with E-state index >= 15 is 0 Å². The first-order valence-corrected chi connectivity index (χ1v) is 10.1. The Labute approximate surface area is 188 Å². The lowest BCUT2D eigenvalue weighted by atomic mass is 10.2. The molecule has 168 valence electrons. The zero-order valence-corrected chi connectivity index (χ0v) is 18.1. The van der Waals surface area contributed by atoms with Crippen LogP contribution in [0.15, 0.2) is 75.6 Å². The van der Waals surface area contributed by atoms with Gasteiger partial charge in [0, 0.05) is 14.1 Å². The molecule has 10 heteroatoms. The fraction of sp³-hybridized carbons (Fsp3) is 0.174. The number of amides is 1. The normalized spacial score (nSPS) is 11.2. The number of aryl methyl sites for hydroxylation is 1. The third kappa shape index (κ3) is 4.74. The maximum atomic E-state index is 12.5. The van der Waals surface area contributed by atoms with Gasteiger partial charge < -0.3 is 9.30 Å². The Bertz CT molecular complexity index is 1450. The van der Waals surface area contributed by atoms with E-state index in [0.29, 0.717) is 12.4 Å². The maximum Gasteiger partial charge on any atom is 0.332 e. The van der Waals surface area contributed by atoms with Gasteiger partial charge in [-0.25, -0.2) is 15.2 Å². The van der Waals surface area contributed by atoms with Crippen LogP contribution in [0.5, 0.6) is 5.75 Å². The van der Waals surface area contributed by atoms with Gasteiger partial charge in [0.15, 0.2) is 11.2 Å². The molecule has 0 saturated heterocycles. The molecule has 10 nitrogen and oxygen atoms in total. The molecule has 0 bridgehead atoms. The summed E-state index contributed by atoms with van der Waals surface area (Å²) in [5.74, 6) is 0.235. The average Bonchev–Trinajstić information content (AvgIpc) is 3.24. The van der Waals surface area contributed by atoms with Gasteiger partial charge in [0.1, 0.15) is 18.9 Å². The standard InChI is InChI=1S/C23H22N6O4/c1-27-21-20(22(31)28(2)23(27)32)29(15-24-21)13-19(30)26-25-12-17-9-6-10-18(11-17)33-14-16-7-4-3-5-8-16/h3-12,15H,13-14H2,1-2H3,(H,26,30)/b25-12+. The first-order chi connectivity index (χ1) is 15.9. The lowest BCUT2D eigenvalue weighted by Crippen LogP contribution is -2.38. The summed E-state index contributed by atoms with van der Waals surface area (Å²) in [6.45, 7) is 0.267. The highest BCUT2D eigenvalue weighted by atomic mass is 16.5. The van der Waals surface area contributed by atoms with Gasteiger partial charge in [0.2, 0.25) is 0 Å². The average molecular weight is 446 g/mol. The Morgan fingerprint density at radius 3 is 2.67 bits per heavy atom. The topological polar surface area (TPSA) is 113 Å². The van der Waals surface area contributed by atoms with Crippen molar-refractivity contribution in [2.75, 3.05) is 0 Å². The van der Waals surface area contributed by atoms with Crippen molar-refractivity contribution in [3.63, 3.8) is 0 Å². The van der Waals surface area contributed by atoms with Crippen molar-refractivity contribution in [2.24, 2.45) is 19.2 Å². The van der Waals surface area contributed by atoms with Crippen LogP contribution >= 0.6 is 0 Å². The number of benzene rings is 2. The minimum atomic E-state index is -0.519. The summed E-state index contributed by atoms with van der Waals surface area (Å²) in [5.41, 5.74) is 3.62. The van der Waals surface area contributed by atoms with Gasteiger partial charge in [-0.15, -0.1) is 0 Å². The molecule has 33 heavy (non-hydrogen) atoms. The second-order valence-electron chi connectivity index (χ2n) is 7.39. The van der Waals surface area contributed by atoms with E-state index in [1.807, 2.05) is 54.6 Å². The van der Waals surface area contributed by atoms with Crippen molar-refractivity contribution >= 4 is 23.3 Å². The van der Waals surface area contributed by atoms with Crippen molar-refractivity contribution < 1.29 is 9.53 Å². The molecule has 0 spiro atoms. The summed E-state index contributed by atoms with van der Waals surface area (Å²) < 4.78 is 9.42. The van der Waals surface area contributed by atoms with E-state index in [2.05, 4.69) is 15.5 Å². The number of carbonyl (C=O) groups is 1. The molecule has 4 aromatic rings. The highest BCUT2D eigenvalue weighted by Gasteiger charge is 2.15. The van der Waals surface area contributed by atoms with Gasteiger partial charge in [-0.2, -0.15) is 5.10 Å². The summed E-state index contributed by atoms with van der Waals surface area (Å²) in [7, 11) is 2.90. The Morgan fingerprint density at radius 2 is 1.88 bits per heavy atom. The molecule has 4 rings (SSSR count). The SMILES string of the molecule is Cn1c(=O)c2c(ncn2CC(=O)N/N=C/c2cccc(OCc3ccccc3)c2)n(C)c1=O. The van der Waals surface area contributed by atoms with E-state index in [0.717, 1.165) is 15.7 Å². The molecule has 0 atom stereocenters. The number of rotatable bonds is 7. The van der Waals surface area contributed by atoms with Gasteiger partial charge in [-0.3, -0.25) is 18.7 Å². The summed E-state index contributed by atoms with van der Waals surface area (Å²) in [6, 6.07) is 17.2. The molecule has 0 aliphatic rings. The highest BCUT2D eigenvalue weighted by Crippen LogP contribution is 2.14. The second kappa shape index (κ2) is 9.35. The van der Waals surface area contributed by atoms with Crippen LogP contribution in [0.3, 0.4) is 0 Å². The van der Waals surface area contributed by atoms with Crippen LogP contribution in [0.25, 0.3) is 11.2 Å². The number of nitrogens with one attached hydrogen (secondary N) is 1. The summed E-state index contributed by atoms with van der Waals surface area (Å²) in [6.07, 6.45) is 2.85. The molecule has 0 radical (unpaired) electrons. The van der Waals surface area contributed by atoms with Crippen LogP contribution < -0.4 is 21.4 Å². The zero-order chi connectivity index (χ0) is 23.4. The number of hydrazone groups is 1. The number of hydrogen-bond acceptors (Lipinski definition) is 6. The Hall–Kier alpha value is -4.47. The fourth-order valence-electron chi connectivity index (χ4n) is 3.31. The van der Waals surface area contributed by atoms with Crippen LogP contribution in [0, 0.1) is 0 Å². The van der Waals surface area contributed by atoms with Crippen molar-refractivity contribution in [3.05, 3.63) is 92.9 Å². The third-order valence-corrected chi connectivity index (χ3v) is 5.04. The number of fused-ring (bicyclic) bond motifs is 1. The van der Waals surface area contributed by atoms with Crippen LogP contribution in [-0.4, -0.2) is 30.8 Å². The monoisotopic (exact) mass is 446 g/mol. The van der Waals surface area contributed by atoms with Crippen LogP contribution in [0.1, 0.15) is 11.1 Å². The highest BCUT2D eigenvalue weighted by molar-refractivity contribution is 5.83. The number of aromatic nitrogens is 4. The predicted molar refractivity (Wildman–Crippen MR) is 123 cm³/mol. The van der Waals surface area contributed by atoms with E-state index in [1.54, 1.807) is 0 Å². The van der Waals surface area contributed by atoms with Gasteiger partial charge in [-0.1, -0.05) is 42.5 Å². The van der Waals surface area contributed by atoms with Crippen molar-refractivity contribution in [3.8, 4) is 5.75 Å². The number of hydrogen-bond donors (Lipinski definition) is 1. The van der Waals surface area contributed by atoms with Gasteiger partial charge in [0.25, 0.3) is 11.5 Å². The third-order valence-electron chi connectivity index (χ3n) is 5.04. The molecule has 0 fully saturated rings. The van der Waals surface area contributed by atoms with E-state index in [4.69, 9.17) is 4.74 Å². The van der Waals surface area contributed by atoms with Crippen LogP contribution in [0.4, 0.5) is 0 Å². The molecule has 0 saturated carbocycles. The molecule has 1 amide bonds. The molecular weight excluding hydrogens is 424 g/mol. The number of carbonyl (C=O) groups excluding carboxylic acids is 1. The van der Waals surface area contributed by atoms with E-state index in [9.17, 15) is 14.4 Å². The Balaban J connectivity index is 1.40. The quantitative estimate of drug-likeness (QED) is 0.338. The van der Waals surface area contributed by atoms with E-state index < -0.39 is 17.2 Å². The first kappa shape index (κ1) is 21.8. The number of ether oxygens (including phenoxy) is 1. The van der Waals surface area contributed by atoms with Crippen LogP contribution in [0.2, 0.25) is 0 Å². The largest absolute Gasteiger partial charge is 0.489 e. The molecular formula is C23H22N6O4. The minimum absolute atomic E-state index is 0.169. The lowest BCUT2D eigenvalue weighted by molar-refractivity contribution is -0.121. The first-order valence-electron chi connectivity index (χ1n) is 10.1. The maximum absolute atomic E-state index is 12.5. The predicted octanol–water partition coefficient (Wildman–Crippen LogP) is 1.16. The van der Waals surface area contributed by atoms with Gasteiger partial charge in [-0.05, 0) is 23.3 Å². The molecule has 2 aromatic heterocycles. The Kier molecular flexibility index (Phi) is 6.16. The summed E-state index contributed by atoms with van der Waals surface area (Å²) >= 11 is 0. The van der Waals surface area contributed by atoms with E-state index in [1.165, 1.54) is 35.8 Å². The molecule has 2 aromatic carbocycles. The summed E-state index contributed by atoms with van der Waals surface area (Å²) in [4.78, 5) is 40.9. The van der Waals surface area contributed by atoms with Crippen molar-refractivity contribution in [1.82, 2.24) is 24.1 Å². The fourth-order valence-corrected chi connectivity index (χ4v) is 3.31. The van der Waals surface area contributed by atoms with Crippen molar-refractivity contribution in [2.45, 2.75) is 13.2 Å². The molecule has 0 unspecified atom stereocenters. The lowest BCUT2D eigenvalue weighted by Gasteiger charge is -2.07. The zero-order valence-electron chi connectivity index (χ0n) is 18.1. The van der Waals surface area contributed by atoms with Gasteiger partial charge in [0.05, 0.1) is 12.5 Å². The van der Waals surface area contributed by atoms with Crippen LogP contribution in [-0.2, 0) is 32.0 Å². The summed E-state index contributed by atoms with van der Waals surface area (Å²) in [5, 5.41) is 3.98. The smallest absolute Gasteiger partial charge is 0.332 e. The number of nitrogens with zero attached hydrogens (tertiary/aromatic N) is 5. The minimum Gasteiger partial charge on any atom is -0.489 e. The molecule has 0 aliphatic carbocycles. The molecule has 2 heterocycles. The van der Waals surface area contributed by atoms with Crippen molar-refractivity contribution in [1.29, 1.82) is 0 Å². The van der Waals surface area contributed by atoms with E-state index in [-0.39, 0.29) is 17.7 Å². The Morgan fingerprint density at radius 1 is 1.09 bits per heavy atom. The molecule has 1 N–H and O–H groups in total. The van der Waals surface area contributed by atoms with Gasteiger partial charge >= 0.3 is 5.69 Å². The second-order valence-corrected chi connectivity index (χ2v) is 7.39. The molecule has 0 aliphatic heterocycles.